The first-order valence-corrected chi connectivity index (χ1v) is 6.00. The maximum absolute atomic E-state index is 7.40. The van der Waals surface area contributed by atoms with Crippen molar-refractivity contribution in [3.63, 3.8) is 0 Å². The molecule has 0 rings (SSSR count). The molecule has 0 spiro atoms. The van der Waals surface area contributed by atoms with Gasteiger partial charge in [-0.3, -0.25) is 0 Å². The van der Waals surface area contributed by atoms with Gasteiger partial charge in [0.25, 0.3) is 0 Å². The summed E-state index contributed by atoms with van der Waals surface area (Å²) in [6.45, 7) is 0. The topological polar surface area (TPSA) is 80.9 Å². The minimum absolute atomic E-state index is 0. The summed E-state index contributed by atoms with van der Waals surface area (Å²) in [6.07, 6.45) is 0. The summed E-state index contributed by atoms with van der Waals surface area (Å²) < 4.78 is 29.6. The molecule has 0 atom stereocenters. The van der Waals surface area contributed by atoms with Crippen LogP contribution in [0.2, 0.25) is 0 Å². The van der Waals surface area contributed by atoms with Gasteiger partial charge >= 0.3 is 33.8 Å². The normalized spacial score (nSPS) is 10.0. The van der Waals surface area contributed by atoms with Crippen molar-refractivity contribution in [2.45, 2.75) is 0 Å². The zero-order valence-electron chi connectivity index (χ0n) is 2.87. The van der Waals surface area contributed by atoms with Crippen molar-refractivity contribution in [3.8, 4) is 0 Å². The first kappa shape index (κ1) is 10.2. The molecule has 35 valence electrons. The molecule has 0 aromatic carbocycles. The fraction of sp³-hybridized carbons (Fsp3) is 0. The third-order valence-corrected chi connectivity index (χ3v) is 0. The maximum atomic E-state index is 7.40. The molecule has 0 saturated carbocycles. The zero-order chi connectivity index (χ0) is 4.50. The van der Waals surface area contributed by atoms with Crippen LogP contribution in [0.3, 0.4) is 0 Å². The molecule has 0 aromatic heterocycles. The van der Waals surface area contributed by atoms with Gasteiger partial charge in [0.15, 0.2) is 0 Å². The Labute approximate surface area is 51.2 Å². The Morgan fingerprint density at radius 3 is 0.833 bits per heavy atom. The first-order chi connectivity index (χ1) is 2.00. The van der Waals surface area contributed by atoms with Crippen LogP contribution in [-0.2, 0) is 0 Å². The van der Waals surface area contributed by atoms with Gasteiger partial charge in [-0.2, -0.15) is 0 Å². The van der Waals surface area contributed by atoms with Gasteiger partial charge in [-0.05, 0) is 0 Å². The van der Waals surface area contributed by atoms with E-state index in [4.69, 9.17) is 13.8 Å². The molecule has 0 fully saturated rings. The van der Waals surface area contributed by atoms with E-state index >= 15 is 0 Å². The summed E-state index contributed by atoms with van der Waals surface area (Å²) in [5.41, 5.74) is 0. The summed E-state index contributed by atoms with van der Waals surface area (Å²) in [5.74, 6) is 0. The summed E-state index contributed by atoms with van der Waals surface area (Å²) in [6, 6.07) is 0. The molecule has 0 unspecified atom stereocenters. The minimum atomic E-state index is -5.18. The van der Waals surface area contributed by atoms with Crippen molar-refractivity contribution in [2.24, 2.45) is 0 Å². The predicted octanol–water partition coefficient (Wildman–Crippen LogP) is -2.99. The van der Waals surface area contributed by atoms with Crippen LogP contribution >= 0.6 is 0 Å². The van der Waals surface area contributed by atoms with E-state index in [2.05, 4.69) is 0 Å². The van der Waals surface area contributed by atoms with Crippen molar-refractivity contribution in [1.82, 2.24) is 0 Å². The zero-order valence-corrected chi connectivity index (χ0v) is 6.88. The number of rotatable bonds is 0. The van der Waals surface area contributed by atoms with Crippen molar-refractivity contribution in [1.29, 1.82) is 0 Å². The molecule has 0 saturated heterocycles. The van der Waals surface area contributed by atoms with E-state index in [1.54, 1.807) is 0 Å². The van der Waals surface area contributed by atoms with Gasteiger partial charge < -0.3 is 0 Å². The van der Waals surface area contributed by atoms with Crippen LogP contribution in [-0.4, -0.2) is 51.2 Å². The second-order valence-corrected chi connectivity index (χ2v) is 4.02. The number of hydrogen-bond acceptors (Lipinski definition) is 4. The third kappa shape index (κ3) is 65.6. The fourth-order valence-electron chi connectivity index (χ4n) is 0. The van der Waals surface area contributed by atoms with Crippen molar-refractivity contribution >= 4 is 37.4 Å². The molecule has 0 bridgehead atoms. The Morgan fingerprint density at radius 1 is 0.833 bits per heavy atom. The standard InChI is InChI=1S/Al.4H2O.Sn/h;4*1H2;/q;;;;;+4/p-4. The molecule has 0 aliphatic heterocycles. The van der Waals surface area contributed by atoms with Gasteiger partial charge in [0, 0.05) is 17.4 Å². The molecular weight excluding hydrogens is 210 g/mol. The summed E-state index contributed by atoms with van der Waals surface area (Å²) in [4.78, 5) is 0. The summed E-state index contributed by atoms with van der Waals surface area (Å²) >= 11 is -5.18. The number of hydrogen-bond donors (Lipinski definition) is 4. The molecule has 0 heterocycles. The molecular formula is H4AlO4Sn. The van der Waals surface area contributed by atoms with Crippen LogP contribution in [0, 0.1) is 0 Å². The van der Waals surface area contributed by atoms with E-state index in [9.17, 15) is 0 Å². The molecule has 6 heavy (non-hydrogen) atoms. The summed E-state index contributed by atoms with van der Waals surface area (Å²) in [5, 5.41) is 0. The van der Waals surface area contributed by atoms with E-state index in [-0.39, 0.29) is 17.4 Å². The van der Waals surface area contributed by atoms with Crippen LogP contribution in [0.4, 0.5) is 0 Å². The SMILES string of the molecule is [Al].[OH][Sn]([OH])([OH])[OH]. The Bertz CT molecular complexity index is 23.0. The van der Waals surface area contributed by atoms with Gasteiger partial charge in [-0.25, -0.2) is 0 Å². The van der Waals surface area contributed by atoms with Crippen LogP contribution in [0.15, 0.2) is 0 Å². The third-order valence-electron chi connectivity index (χ3n) is 0. The second kappa shape index (κ2) is 3.21. The Morgan fingerprint density at radius 2 is 0.833 bits per heavy atom. The molecule has 4 N–H and O–H groups in total. The molecule has 0 aliphatic carbocycles. The van der Waals surface area contributed by atoms with Crippen molar-refractivity contribution in [2.75, 3.05) is 0 Å². The molecule has 6 heteroatoms. The van der Waals surface area contributed by atoms with Gasteiger partial charge in [0.2, 0.25) is 0 Å². The van der Waals surface area contributed by atoms with Crippen LogP contribution in [0.1, 0.15) is 0 Å². The molecule has 0 amide bonds. The molecule has 3 radical (unpaired) electrons. The van der Waals surface area contributed by atoms with Gasteiger partial charge in [0.05, 0.1) is 0 Å². The monoisotopic (exact) mass is 215 g/mol. The van der Waals surface area contributed by atoms with Crippen LogP contribution in [0.5, 0.6) is 0 Å². The van der Waals surface area contributed by atoms with E-state index in [1.165, 1.54) is 0 Å². The van der Waals surface area contributed by atoms with Crippen molar-refractivity contribution in [3.05, 3.63) is 0 Å². The van der Waals surface area contributed by atoms with E-state index < -0.39 is 20.0 Å². The van der Waals surface area contributed by atoms with Gasteiger partial charge in [-0.15, -0.1) is 0 Å². The first-order valence-electron chi connectivity index (χ1n) is 0.894. The second-order valence-electron chi connectivity index (χ2n) is 0.600. The van der Waals surface area contributed by atoms with E-state index in [1.807, 2.05) is 0 Å². The Hall–Kier alpha value is 1.17. The van der Waals surface area contributed by atoms with Crippen LogP contribution < -0.4 is 0 Å². The fourth-order valence-corrected chi connectivity index (χ4v) is 0. The Balaban J connectivity index is 0. The van der Waals surface area contributed by atoms with E-state index in [0.717, 1.165) is 0 Å². The molecule has 0 aromatic rings. The van der Waals surface area contributed by atoms with Crippen LogP contribution in [0.25, 0.3) is 0 Å². The van der Waals surface area contributed by atoms with Gasteiger partial charge in [0.1, 0.15) is 0 Å². The molecule has 4 nitrogen and oxygen atoms in total. The average molecular weight is 214 g/mol. The van der Waals surface area contributed by atoms with Gasteiger partial charge in [-0.1, -0.05) is 0 Å². The van der Waals surface area contributed by atoms with Crippen molar-refractivity contribution < 1.29 is 13.8 Å². The predicted molar refractivity (Wildman–Crippen MR) is 20.4 cm³/mol. The van der Waals surface area contributed by atoms with E-state index in [0.29, 0.717) is 0 Å². The average Bonchev–Trinajstić information content (AvgIpc) is 0.722. The quantitative estimate of drug-likeness (QED) is 0.324. The molecule has 0 aliphatic rings. The summed E-state index contributed by atoms with van der Waals surface area (Å²) in [7, 11) is 0. The Kier molecular flexibility index (Phi) is 5.46.